The minimum absolute atomic E-state index is 0.0436. The third-order valence-electron chi connectivity index (χ3n) is 6.25. The predicted molar refractivity (Wildman–Crippen MR) is 119 cm³/mol. The van der Waals surface area contributed by atoms with E-state index in [-0.39, 0.29) is 23.1 Å². The first kappa shape index (κ1) is 21.4. The molecule has 0 saturated heterocycles. The van der Waals surface area contributed by atoms with Crippen molar-refractivity contribution in [1.29, 1.82) is 0 Å². The Morgan fingerprint density at radius 1 is 0.733 bits per heavy atom. The van der Waals surface area contributed by atoms with E-state index in [0.29, 0.717) is 0 Å². The van der Waals surface area contributed by atoms with Gasteiger partial charge in [-0.25, -0.2) is 0 Å². The van der Waals surface area contributed by atoms with E-state index in [1.807, 2.05) is 53.7 Å². The van der Waals surface area contributed by atoms with Crippen molar-refractivity contribution >= 4 is 5.69 Å². The molecule has 5 heteroatoms. The number of phenolic OH excluding ortho intramolecular Hbond substituents is 2. The van der Waals surface area contributed by atoms with Crippen LogP contribution in [0, 0.1) is 51.7 Å². The van der Waals surface area contributed by atoms with Gasteiger partial charge in [0.15, 0.2) is 0 Å². The molecule has 0 aliphatic rings. The first-order chi connectivity index (χ1) is 14.0. The third-order valence-corrected chi connectivity index (χ3v) is 6.25. The van der Waals surface area contributed by atoms with Gasteiger partial charge in [-0.1, -0.05) is 24.3 Å². The molecule has 0 heterocycles. The molecule has 0 spiro atoms. The monoisotopic (exact) mass is 405 g/mol. The van der Waals surface area contributed by atoms with Crippen molar-refractivity contribution in [3.63, 3.8) is 0 Å². The molecule has 3 aromatic rings. The Bertz CT molecular complexity index is 1080. The molecule has 0 saturated carbocycles. The molecule has 0 aliphatic carbocycles. The molecule has 0 atom stereocenters. The zero-order chi connectivity index (χ0) is 22.3. The van der Waals surface area contributed by atoms with Gasteiger partial charge in [0.1, 0.15) is 11.5 Å². The van der Waals surface area contributed by atoms with Gasteiger partial charge in [0.25, 0.3) is 5.69 Å². The number of nitrogens with zero attached hydrogens (tertiary/aromatic N) is 1. The van der Waals surface area contributed by atoms with Crippen LogP contribution in [-0.4, -0.2) is 15.1 Å². The van der Waals surface area contributed by atoms with E-state index in [2.05, 4.69) is 0 Å². The van der Waals surface area contributed by atoms with E-state index >= 15 is 0 Å². The fourth-order valence-electron chi connectivity index (χ4n) is 4.11. The van der Waals surface area contributed by atoms with Gasteiger partial charge >= 0.3 is 0 Å². The van der Waals surface area contributed by atoms with Gasteiger partial charge in [0.2, 0.25) is 0 Å². The molecule has 0 aliphatic heterocycles. The highest BCUT2D eigenvalue weighted by Gasteiger charge is 2.25. The van der Waals surface area contributed by atoms with Crippen molar-refractivity contribution < 1.29 is 15.1 Å². The first-order valence-electron chi connectivity index (χ1n) is 9.88. The minimum Gasteiger partial charge on any atom is -0.507 e. The van der Waals surface area contributed by atoms with Crippen LogP contribution in [0.25, 0.3) is 0 Å². The van der Waals surface area contributed by atoms with E-state index in [1.54, 1.807) is 12.1 Å². The Balaban J connectivity index is 2.36. The lowest BCUT2D eigenvalue weighted by molar-refractivity contribution is -0.384. The number of benzene rings is 3. The molecule has 2 N–H and O–H groups in total. The van der Waals surface area contributed by atoms with Crippen LogP contribution < -0.4 is 0 Å². The van der Waals surface area contributed by atoms with Gasteiger partial charge in [-0.05, 0) is 91.6 Å². The number of aromatic hydroxyl groups is 2. The van der Waals surface area contributed by atoms with Crippen LogP contribution in [0.3, 0.4) is 0 Å². The van der Waals surface area contributed by atoms with Crippen LogP contribution in [0.15, 0.2) is 36.4 Å². The summed E-state index contributed by atoms with van der Waals surface area (Å²) in [5.41, 5.74) is 8.18. The maximum Gasteiger partial charge on any atom is 0.269 e. The topological polar surface area (TPSA) is 83.6 Å². The summed E-state index contributed by atoms with van der Waals surface area (Å²) in [5.74, 6) is 0.379. The smallest absolute Gasteiger partial charge is 0.269 e. The van der Waals surface area contributed by atoms with Crippen LogP contribution in [-0.2, 0) is 0 Å². The average molecular weight is 405 g/mol. The molecule has 3 rings (SSSR count). The SMILES string of the molecule is Cc1cc(C(c2ccc([N+](=O)[O-])cc2)c2cc(C)c(O)c(C)c2C)c(C)c(C)c1O. The molecule has 5 nitrogen and oxygen atoms in total. The number of nitro groups is 1. The zero-order valence-electron chi connectivity index (χ0n) is 18.2. The van der Waals surface area contributed by atoms with Gasteiger partial charge in [0.05, 0.1) is 4.92 Å². The number of rotatable bonds is 4. The normalized spacial score (nSPS) is 11.2. The number of hydrogen-bond acceptors (Lipinski definition) is 4. The van der Waals surface area contributed by atoms with Gasteiger partial charge in [-0.2, -0.15) is 0 Å². The van der Waals surface area contributed by atoms with E-state index in [0.717, 1.165) is 50.1 Å². The molecule has 0 unspecified atom stereocenters. The highest BCUT2D eigenvalue weighted by atomic mass is 16.6. The van der Waals surface area contributed by atoms with Gasteiger partial charge < -0.3 is 10.2 Å². The summed E-state index contributed by atoms with van der Waals surface area (Å²) in [4.78, 5) is 10.7. The van der Waals surface area contributed by atoms with E-state index < -0.39 is 4.92 Å². The van der Waals surface area contributed by atoms with Gasteiger partial charge in [-0.15, -0.1) is 0 Å². The lowest BCUT2D eigenvalue weighted by atomic mass is 9.78. The molecule has 0 fully saturated rings. The summed E-state index contributed by atoms with van der Waals surface area (Å²) in [6.07, 6.45) is 0. The molecule has 3 aromatic carbocycles. The fraction of sp³-hybridized carbons (Fsp3) is 0.280. The number of phenols is 2. The maximum absolute atomic E-state index is 11.1. The highest BCUT2D eigenvalue weighted by molar-refractivity contribution is 5.59. The first-order valence-corrected chi connectivity index (χ1v) is 9.88. The van der Waals surface area contributed by atoms with Gasteiger partial charge in [0, 0.05) is 18.1 Å². The van der Waals surface area contributed by atoms with Crippen LogP contribution in [0.2, 0.25) is 0 Å². The summed E-state index contributed by atoms with van der Waals surface area (Å²) in [6.45, 7) is 11.5. The average Bonchev–Trinajstić information content (AvgIpc) is 2.72. The van der Waals surface area contributed by atoms with Crippen molar-refractivity contribution in [1.82, 2.24) is 0 Å². The second-order valence-corrected chi connectivity index (χ2v) is 8.04. The summed E-state index contributed by atoms with van der Waals surface area (Å²) >= 11 is 0. The van der Waals surface area contributed by atoms with E-state index in [1.165, 1.54) is 12.1 Å². The third kappa shape index (κ3) is 3.52. The summed E-state index contributed by atoms with van der Waals surface area (Å²) < 4.78 is 0. The Kier molecular flexibility index (Phi) is 5.57. The predicted octanol–water partition coefficient (Wildman–Crippen LogP) is 6.04. The molecule has 156 valence electrons. The van der Waals surface area contributed by atoms with Crippen LogP contribution in [0.1, 0.15) is 56.0 Å². The number of aryl methyl sites for hydroxylation is 2. The summed E-state index contributed by atoms with van der Waals surface area (Å²) in [6, 6.07) is 10.6. The van der Waals surface area contributed by atoms with Crippen LogP contribution in [0.5, 0.6) is 11.5 Å². The van der Waals surface area contributed by atoms with Gasteiger partial charge in [-0.3, -0.25) is 10.1 Å². The fourth-order valence-corrected chi connectivity index (χ4v) is 4.11. The van der Waals surface area contributed by atoms with E-state index in [9.17, 15) is 20.3 Å². The Morgan fingerprint density at radius 2 is 1.13 bits per heavy atom. The molecule has 0 aromatic heterocycles. The Labute approximate surface area is 176 Å². The standard InChI is InChI=1S/C25H27NO4/c1-13-11-21(15(3)17(5)24(13)27)23(19-7-9-20(10-8-19)26(29)30)22-12-14(2)25(28)18(6)16(22)4/h7-12,23,27-28H,1-6H3. The minimum atomic E-state index is -0.404. The van der Waals surface area contributed by atoms with E-state index in [4.69, 9.17) is 0 Å². The molecule has 0 amide bonds. The second-order valence-electron chi connectivity index (χ2n) is 8.04. The Hall–Kier alpha value is -3.34. The molecular weight excluding hydrogens is 378 g/mol. The molecule has 30 heavy (non-hydrogen) atoms. The lowest BCUT2D eigenvalue weighted by Gasteiger charge is -2.26. The van der Waals surface area contributed by atoms with Crippen molar-refractivity contribution in [2.45, 2.75) is 47.5 Å². The Morgan fingerprint density at radius 3 is 1.50 bits per heavy atom. The number of nitro benzene ring substituents is 1. The van der Waals surface area contributed by atoms with Crippen LogP contribution in [0.4, 0.5) is 5.69 Å². The lowest BCUT2D eigenvalue weighted by Crippen LogP contribution is -2.10. The van der Waals surface area contributed by atoms with Crippen LogP contribution >= 0.6 is 0 Å². The van der Waals surface area contributed by atoms with Crippen molar-refractivity contribution in [2.24, 2.45) is 0 Å². The number of non-ortho nitro benzene ring substituents is 1. The quantitative estimate of drug-likeness (QED) is 0.315. The summed E-state index contributed by atoms with van der Waals surface area (Å²) in [7, 11) is 0. The maximum atomic E-state index is 11.1. The number of hydrogen-bond donors (Lipinski definition) is 2. The summed E-state index contributed by atoms with van der Waals surface area (Å²) in [5, 5.41) is 31.9. The molecular formula is C25H27NO4. The van der Waals surface area contributed by atoms with Crippen molar-refractivity contribution in [2.75, 3.05) is 0 Å². The van der Waals surface area contributed by atoms with Crippen molar-refractivity contribution in [3.05, 3.63) is 96.6 Å². The largest absolute Gasteiger partial charge is 0.507 e. The molecule has 0 radical (unpaired) electrons. The van der Waals surface area contributed by atoms with Crippen molar-refractivity contribution in [3.8, 4) is 11.5 Å². The molecule has 0 bridgehead atoms. The zero-order valence-corrected chi connectivity index (χ0v) is 18.2. The highest BCUT2D eigenvalue weighted by Crippen LogP contribution is 2.42. The second kappa shape index (κ2) is 7.82.